The number of nitrogens with zero attached hydrogens (tertiary/aromatic N) is 5. The smallest absolute Gasteiger partial charge is 0.191 e. The van der Waals surface area contributed by atoms with Gasteiger partial charge in [0.15, 0.2) is 11.1 Å². The van der Waals surface area contributed by atoms with Gasteiger partial charge in [0.1, 0.15) is 5.82 Å². The fraction of sp³-hybridized carbons (Fsp3) is 0.526. The van der Waals surface area contributed by atoms with Crippen molar-refractivity contribution in [2.45, 2.75) is 32.4 Å². The van der Waals surface area contributed by atoms with E-state index in [0.717, 1.165) is 54.2 Å². The molecule has 7 nitrogen and oxygen atoms in total. The molecule has 0 aliphatic carbocycles. The summed E-state index contributed by atoms with van der Waals surface area (Å²) in [6, 6.07) is 6.63. The average Bonchev–Trinajstić information content (AvgIpc) is 3.15. The molecule has 28 heavy (non-hydrogen) atoms. The molecule has 0 spiro atoms. The van der Waals surface area contributed by atoms with E-state index in [1.54, 1.807) is 11.3 Å². The van der Waals surface area contributed by atoms with Crippen molar-refractivity contribution in [3.05, 3.63) is 35.0 Å². The molecular formula is C19H30IN7S. The second kappa shape index (κ2) is 10.8. The number of pyridine rings is 1. The number of thiazole rings is 1. The zero-order valence-electron chi connectivity index (χ0n) is 17.0. The Balaban J connectivity index is 0.00000280. The molecule has 0 amide bonds. The monoisotopic (exact) mass is 515 g/mol. The topological polar surface area (TPSA) is 68.7 Å². The van der Waals surface area contributed by atoms with Crippen LogP contribution in [0.3, 0.4) is 0 Å². The lowest BCUT2D eigenvalue weighted by Crippen LogP contribution is -2.48. The third-order valence-electron chi connectivity index (χ3n) is 4.62. The maximum absolute atomic E-state index is 4.64. The molecule has 2 aromatic heterocycles. The highest BCUT2D eigenvalue weighted by Crippen LogP contribution is 2.19. The number of guanidine groups is 1. The van der Waals surface area contributed by atoms with Crippen LogP contribution in [0.15, 0.2) is 28.6 Å². The van der Waals surface area contributed by atoms with E-state index in [9.17, 15) is 0 Å². The molecule has 0 radical (unpaired) electrons. The molecule has 1 fully saturated rings. The standard InChI is InChI=1S/C19H29N7S.HI/c1-14-6-5-7-17(22-14)26-10-8-15(9-11-26)23-18(20-2)21-12-16-13-27-19(24-16)25(3)4;/h5-7,13,15H,8-12H2,1-4H3,(H2,20,21,23);1H. The van der Waals surface area contributed by atoms with Crippen LogP contribution in [-0.2, 0) is 6.54 Å². The zero-order chi connectivity index (χ0) is 19.2. The van der Waals surface area contributed by atoms with Crippen molar-refractivity contribution in [1.82, 2.24) is 20.6 Å². The number of aromatic nitrogens is 2. The second-order valence-corrected chi connectivity index (χ2v) is 7.82. The average molecular weight is 515 g/mol. The van der Waals surface area contributed by atoms with E-state index in [-0.39, 0.29) is 24.0 Å². The van der Waals surface area contributed by atoms with Gasteiger partial charge in [-0.2, -0.15) is 0 Å². The van der Waals surface area contributed by atoms with Crippen LogP contribution in [0.1, 0.15) is 24.2 Å². The Morgan fingerprint density at radius 1 is 1.29 bits per heavy atom. The first-order chi connectivity index (χ1) is 13.0. The van der Waals surface area contributed by atoms with Crippen LogP contribution < -0.4 is 20.4 Å². The van der Waals surface area contributed by atoms with Crippen LogP contribution in [0.4, 0.5) is 10.9 Å². The number of piperidine rings is 1. The highest BCUT2D eigenvalue weighted by Gasteiger charge is 2.21. The summed E-state index contributed by atoms with van der Waals surface area (Å²) in [6.45, 7) is 4.72. The predicted octanol–water partition coefficient (Wildman–Crippen LogP) is 2.86. The first-order valence-electron chi connectivity index (χ1n) is 9.32. The lowest BCUT2D eigenvalue weighted by Gasteiger charge is -2.34. The van der Waals surface area contributed by atoms with Gasteiger partial charge >= 0.3 is 0 Å². The first-order valence-corrected chi connectivity index (χ1v) is 10.2. The number of nitrogens with one attached hydrogen (secondary N) is 2. The van der Waals surface area contributed by atoms with Gasteiger partial charge in [-0.25, -0.2) is 9.97 Å². The van der Waals surface area contributed by atoms with Crippen molar-refractivity contribution < 1.29 is 0 Å². The van der Waals surface area contributed by atoms with Gasteiger partial charge in [-0.3, -0.25) is 4.99 Å². The van der Waals surface area contributed by atoms with Gasteiger partial charge in [0, 0.05) is 51.3 Å². The van der Waals surface area contributed by atoms with Gasteiger partial charge in [0.05, 0.1) is 12.2 Å². The molecule has 154 valence electrons. The minimum Gasteiger partial charge on any atom is -0.356 e. The molecule has 1 aliphatic rings. The maximum Gasteiger partial charge on any atom is 0.191 e. The quantitative estimate of drug-likeness (QED) is 0.363. The Bertz CT molecular complexity index is 769. The Kier molecular flexibility index (Phi) is 8.74. The molecule has 0 unspecified atom stereocenters. The van der Waals surface area contributed by atoms with E-state index in [1.807, 2.05) is 39.0 Å². The fourth-order valence-electron chi connectivity index (χ4n) is 3.10. The Labute approximate surface area is 188 Å². The van der Waals surface area contributed by atoms with Gasteiger partial charge in [0.2, 0.25) is 0 Å². The lowest BCUT2D eigenvalue weighted by atomic mass is 10.1. The third kappa shape index (κ3) is 6.20. The summed E-state index contributed by atoms with van der Waals surface area (Å²) in [5, 5.41) is 10.0. The van der Waals surface area contributed by atoms with Gasteiger partial charge < -0.3 is 20.4 Å². The Morgan fingerprint density at radius 3 is 2.64 bits per heavy atom. The van der Waals surface area contributed by atoms with Crippen LogP contribution in [0.5, 0.6) is 0 Å². The van der Waals surface area contributed by atoms with Crippen LogP contribution in [0.2, 0.25) is 0 Å². The number of anilines is 2. The lowest BCUT2D eigenvalue weighted by molar-refractivity contribution is 0.459. The Hall–Kier alpha value is -1.62. The molecule has 9 heteroatoms. The molecule has 2 aromatic rings. The van der Waals surface area contributed by atoms with E-state index in [2.05, 4.69) is 48.0 Å². The largest absolute Gasteiger partial charge is 0.356 e. The highest BCUT2D eigenvalue weighted by molar-refractivity contribution is 14.0. The highest BCUT2D eigenvalue weighted by atomic mass is 127. The number of aliphatic imine (C=N–C) groups is 1. The van der Waals surface area contributed by atoms with Crippen LogP contribution >= 0.6 is 35.3 Å². The number of hydrogen-bond acceptors (Lipinski definition) is 6. The number of rotatable bonds is 5. The zero-order valence-corrected chi connectivity index (χ0v) is 20.1. The molecule has 0 aromatic carbocycles. The minimum atomic E-state index is 0. The summed E-state index contributed by atoms with van der Waals surface area (Å²) in [6.07, 6.45) is 2.13. The fourth-order valence-corrected chi connectivity index (χ4v) is 3.86. The summed E-state index contributed by atoms with van der Waals surface area (Å²) in [5.74, 6) is 1.91. The van der Waals surface area contributed by atoms with Crippen molar-refractivity contribution in [3.8, 4) is 0 Å². The van der Waals surface area contributed by atoms with Crippen molar-refractivity contribution in [2.24, 2.45) is 4.99 Å². The molecule has 3 rings (SSSR count). The Morgan fingerprint density at radius 2 is 2.04 bits per heavy atom. The molecule has 1 aliphatic heterocycles. The van der Waals surface area contributed by atoms with Gasteiger partial charge in [-0.15, -0.1) is 35.3 Å². The van der Waals surface area contributed by atoms with E-state index in [0.29, 0.717) is 12.6 Å². The molecule has 1 saturated heterocycles. The summed E-state index contributed by atoms with van der Waals surface area (Å²) < 4.78 is 0. The summed E-state index contributed by atoms with van der Waals surface area (Å²) in [5.41, 5.74) is 2.10. The van der Waals surface area contributed by atoms with Crippen molar-refractivity contribution >= 4 is 52.2 Å². The second-order valence-electron chi connectivity index (χ2n) is 6.98. The van der Waals surface area contributed by atoms with Crippen molar-refractivity contribution in [3.63, 3.8) is 0 Å². The molecule has 2 N–H and O–H groups in total. The molecule has 0 bridgehead atoms. The van der Waals surface area contributed by atoms with Crippen LogP contribution in [0, 0.1) is 6.92 Å². The predicted molar refractivity (Wildman–Crippen MR) is 129 cm³/mol. The van der Waals surface area contributed by atoms with Crippen molar-refractivity contribution in [1.29, 1.82) is 0 Å². The van der Waals surface area contributed by atoms with E-state index in [1.165, 1.54) is 0 Å². The number of aryl methyl sites for hydroxylation is 1. The number of hydrogen-bond donors (Lipinski definition) is 2. The molecule has 0 atom stereocenters. The molecular weight excluding hydrogens is 485 g/mol. The SMILES string of the molecule is CN=C(NCc1csc(N(C)C)n1)NC1CCN(c2cccc(C)n2)CC1.I. The minimum absolute atomic E-state index is 0. The van der Waals surface area contributed by atoms with Gasteiger partial charge in [-0.05, 0) is 31.9 Å². The normalized spacial score (nSPS) is 15.1. The van der Waals surface area contributed by atoms with Crippen molar-refractivity contribution in [2.75, 3.05) is 44.0 Å². The van der Waals surface area contributed by atoms with Gasteiger partial charge in [-0.1, -0.05) is 6.07 Å². The third-order valence-corrected chi connectivity index (χ3v) is 5.67. The maximum atomic E-state index is 4.64. The van der Waals surface area contributed by atoms with E-state index < -0.39 is 0 Å². The summed E-state index contributed by atoms with van der Waals surface area (Å²) >= 11 is 1.65. The molecule has 0 saturated carbocycles. The first kappa shape index (κ1) is 22.7. The van der Waals surface area contributed by atoms with E-state index >= 15 is 0 Å². The van der Waals surface area contributed by atoms with Gasteiger partial charge in [0.25, 0.3) is 0 Å². The molecule has 3 heterocycles. The summed E-state index contributed by atoms with van der Waals surface area (Å²) in [4.78, 5) is 18.0. The van der Waals surface area contributed by atoms with E-state index in [4.69, 9.17) is 0 Å². The van der Waals surface area contributed by atoms with Crippen LogP contribution in [0.25, 0.3) is 0 Å². The summed E-state index contributed by atoms with van der Waals surface area (Å²) in [7, 11) is 5.83. The number of halogens is 1. The van der Waals surface area contributed by atoms with Crippen LogP contribution in [-0.4, -0.2) is 56.2 Å².